The van der Waals surface area contributed by atoms with Crippen LogP contribution in [-0.4, -0.2) is 49.2 Å². The van der Waals surface area contributed by atoms with Crippen LogP contribution in [0.4, 0.5) is 5.82 Å². The van der Waals surface area contributed by atoms with Crippen LogP contribution in [0.5, 0.6) is 5.75 Å². The van der Waals surface area contributed by atoms with Crippen molar-refractivity contribution < 1.29 is 4.74 Å². The van der Waals surface area contributed by atoms with E-state index in [1.165, 1.54) is 6.42 Å². The van der Waals surface area contributed by atoms with Crippen molar-refractivity contribution in [1.82, 2.24) is 9.88 Å². The van der Waals surface area contributed by atoms with Gasteiger partial charge in [0.25, 0.3) is 0 Å². The minimum absolute atomic E-state index is 0.651. The number of likely N-dealkylation sites (N-methyl/N-ethyl adjacent to an activating group) is 1. The molecule has 22 heavy (non-hydrogen) atoms. The normalized spacial score (nSPS) is 18.4. The van der Waals surface area contributed by atoms with E-state index >= 15 is 0 Å². The predicted molar refractivity (Wildman–Crippen MR) is 91.8 cm³/mol. The zero-order valence-corrected chi connectivity index (χ0v) is 13.7. The summed E-state index contributed by atoms with van der Waals surface area (Å²) in [7, 11) is 1.71. The van der Waals surface area contributed by atoms with E-state index in [9.17, 15) is 0 Å². The number of methoxy groups -OCH3 is 1. The van der Waals surface area contributed by atoms with Crippen LogP contribution < -0.4 is 9.64 Å². The number of fused-ring (bicyclic) bond motifs is 1. The molecular formula is C18H25N3O. The lowest BCUT2D eigenvalue weighted by Gasteiger charge is -2.26. The molecule has 0 saturated carbocycles. The molecule has 2 aromatic rings. The molecule has 0 N–H and O–H groups in total. The highest BCUT2D eigenvalue weighted by Gasteiger charge is 2.27. The Morgan fingerprint density at radius 3 is 2.77 bits per heavy atom. The van der Waals surface area contributed by atoms with Crippen LogP contribution in [0.15, 0.2) is 30.3 Å². The first kappa shape index (κ1) is 15.1. The Labute approximate surface area is 132 Å². The van der Waals surface area contributed by atoms with Crippen molar-refractivity contribution in [3.63, 3.8) is 0 Å². The standard InChI is InChI=1S/C18H25N3O/c1-4-20(5-2)14-11-12-21(13-14)18-10-9-15-16(19-18)7-6-8-17(15)22-3/h6-10,14H,4-5,11-13H2,1-3H3. The van der Waals surface area contributed by atoms with Crippen LogP contribution in [0.2, 0.25) is 0 Å². The molecule has 1 aromatic heterocycles. The average molecular weight is 299 g/mol. The van der Waals surface area contributed by atoms with Gasteiger partial charge in [0.05, 0.1) is 12.6 Å². The summed E-state index contributed by atoms with van der Waals surface area (Å²) >= 11 is 0. The summed E-state index contributed by atoms with van der Waals surface area (Å²) in [5.74, 6) is 1.97. The molecular weight excluding hydrogens is 274 g/mol. The van der Waals surface area contributed by atoms with Crippen LogP contribution in [-0.2, 0) is 0 Å². The number of anilines is 1. The Morgan fingerprint density at radius 2 is 2.05 bits per heavy atom. The second-order valence-corrected chi connectivity index (χ2v) is 5.81. The number of benzene rings is 1. The number of hydrogen-bond donors (Lipinski definition) is 0. The molecule has 2 heterocycles. The number of pyridine rings is 1. The van der Waals surface area contributed by atoms with Gasteiger partial charge in [-0.1, -0.05) is 19.9 Å². The van der Waals surface area contributed by atoms with Gasteiger partial charge in [0.15, 0.2) is 0 Å². The lowest BCUT2D eigenvalue weighted by molar-refractivity contribution is 0.232. The molecule has 0 radical (unpaired) electrons. The largest absolute Gasteiger partial charge is 0.496 e. The highest BCUT2D eigenvalue weighted by atomic mass is 16.5. The van der Waals surface area contributed by atoms with Crippen LogP contribution in [0.1, 0.15) is 20.3 Å². The van der Waals surface area contributed by atoms with Gasteiger partial charge in [0.1, 0.15) is 11.6 Å². The Morgan fingerprint density at radius 1 is 1.23 bits per heavy atom. The van der Waals surface area contributed by atoms with E-state index in [2.05, 4.69) is 41.8 Å². The summed E-state index contributed by atoms with van der Waals surface area (Å²) in [6.45, 7) is 8.89. The fourth-order valence-electron chi connectivity index (χ4n) is 3.46. The Hall–Kier alpha value is -1.81. The van der Waals surface area contributed by atoms with Crippen LogP contribution in [0.3, 0.4) is 0 Å². The van der Waals surface area contributed by atoms with Crippen LogP contribution in [0, 0.1) is 0 Å². The van der Waals surface area contributed by atoms with Crippen molar-refractivity contribution in [2.45, 2.75) is 26.3 Å². The van der Waals surface area contributed by atoms with Gasteiger partial charge in [-0.25, -0.2) is 4.98 Å². The first-order valence-corrected chi connectivity index (χ1v) is 8.19. The van der Waals surface area contributed by atoms with Crippen molar-refractivity contribution in [3.05, 3.63) is 30.3 Å². The molecule has 1 aliphatic rings. The second-order valence-electron chi connectivity index (χ2n) is 5.81. The van der Waals surface area contributed by atoms with Gasteiger partial charge in [-0.2, -0.15) is 0 Å². The van der Waals surface area contributed by atoms with Gasteiger partial charge in [-0.15, -0.1) is 0 Å². The molecule has 1 saturated heterocycles. The first-order chi connectivity index (χ1) is 10.8. The van der Waals surface area contributed by atoms with Crippen molar-refractivity contribution in [2.24, 2.45) is 0 Å². The molecule has 1 aromatic carbocycles. The quantitative estimate of drug-likeness (QED) is 0.848. The van der Waals surface area contributed by atoms with Crippen molar-refractivity contribution in [3.8, 4) is 5.75 Å². The minimum Gasteiger partial charge on any atom is -0.496 e. The highest BCUT2D eigenvalue weighted by molar-refractivity contribution is 5.86. The summed E-state index contributed by atoms with van der Waals surface area (Å²) in [6.07, 6.45) is 1.22. The molecule has 3 rings (SSSR count). The van der Waals surface area contributed by atoms with Gasteiger partial charge < -0.3 is 9.64 Å². The topological polar surface area (TPSA) is 28.6 Å². The monoisotopic (exact) mass is 299 g/mol. The molecule has 1 atom stereocenters. The van der Waals surface area contributed by atoms with Gasteiger partial charge >= 0.3 is 0 Å². The predicted octanol–water partition coefficient (Wildman–Crippen LogP) is 3.16. The lowest BCUT2D eigenvalue weighted by atomic mass is 10.2. The van der Waals surface area contributed by atoms with E-state index in [0.29, 0.717) is 6.04 Å². The SMILES string of the molecule is CCN(CC)C1CCN(c2ccc3c(OC)cccc3n2)C1. The van der Waals surface area contributed by atoms with Gasteiger partial charge in [-0.3, -0.25) is 4.90 Å². The number of aromatic nitrogens is 1. The van der Waals surface area contributed by atoms with Crippen LogP contribution >= 0.6 is 0 Å². The smallest absolute Gasteiger partial charge is 0.129 e. The molecule has 4 nitrogen and oxygen atoms in total. The maximum absolute atomic E-state index is 5.41. The average Bonchev–Trinajstić information content (AvgIpc) is 3.04. The third-order valence-corrected chi connectivity index (χ3v) is 4.71. The third-order valence-electron chi connectivity index (χ3n) is 4.71. The van der Waals surface area contributed by atoms with E-state index in [0.717, 1.165) is 48.6 Å². The van der Waals surface area contributed by atoms with E-state index in [-0.39, 0.29) is 0 Å². The Bertz CT molecular complexity index is 639. The molecule has 0 amide bonds. The highest BCUT2D eigenvalue weighted by Crippen LogP contribution is 2.28. The molecule has 118 valence electrons. The zero-order chi connectivity index (χ0) is 15.5. The summed E-state index contributed by atoms with van der Waals surface area (Å²) in [4.78, 5) is 9.79. The number of hydrogen-bond acceptors (Lipinski definition) is 4. The molecule has 1 aliphatic heterocycles. The number of rotatable bonds is 5. The molecule has 0 spiro atoms. The lowest BCUT2D eigenvalue weighted by Crippen LogP contribution is -2.37. The Balaban J connectivity index is 1.83. The number of ether oxygens (including phenoxy) is 1. The molecule has 0 aliphatic carbocycles. The molecule has 1 unspecified atom stereocenters. The summed E-state index contributed by atoms with van der Waals surface area (Å²) in [6, 6.07) is 10.9. The van der Waals surface area contributed by atoms with Gasteiger partial charge in [0.2, 0.25) is 0 Å². The van der Waals surface area contributed by atoms with E-state index in [4.69, 9.17) is 9.72 Å². The zero-order valence-electron chi connectivity index (χ0n) is 13.7. The molecule has 4 heteroatoms. The maximum Gasteiger partial charge on any atom is 0.129 e. The fourth-order valence-corrected chi connectivity index (χ4v) is 3.46. The second kappa shape index (κ2) is 6.53. The third kappa shape index (κ3) is 2.75. The number of nitrogens with zero attached hydrogens (tertiary/aromatic N) is 3. The maximum atomic E-state index is 5.41. The summed E-state index contributed by atoms with van der Waals surface area (Å²) in [5, 5.41) is 1.08. The molecule has 0 bridgehead atoms. The van der Waals surface area contributed by atoms with Gasteiger partial charge in [0, 0.05) is 24.5 Å². The van der Waals surface area contributed by atoms with Crippen LogP contribution in [0.25, 0.3) is 10.9 Å². The van der Waals surface area contributed by atoms with Crippen molar-refractivity contribution >= 4 is 16.7 Å². The van der Waals surface area contributed by atoms with Crippen molar-refractivity contribution in [1.29, 1.82) is 0 Å². The summed E-state index contributed by atoms with van der Waals surface area (Å²) < 4.78 is 5.41. The Kier molecular flexibility index (Phi) is 4.48. The van der Waals surface area contributed by atoms with E-state index < -0.39 is 0 Å². The van der Waals surface area contributed by atoms with E-state index in [1.54, 1.807) is 7.11 Å². The van der Waals surface area contributed by atoms with Gasteiger partial charge in [-0.05, 0) is 43.8 Å². The van der Waals surface area contributed by atoms with E-state index in [1.807, 2.05) is 12.1 Å². The van der Waals surface area contributed by atoms with Crippen molar-refractivity contribution in [2.75, 3.05) is 38.2 Å². The minimum atomic E-state index is 0.651. The summed E-state index contributed by atoms with van der Waals surface area (Å²) in [5.41, 5.74) is 1.00. The fraction of sp³-hybridized carbons (Fsp3) is 0.500. The molecule has 1 fully saturated rings. The first-order valence-electron chi connectivity index (χ1n) is 8.19.